The molecule has 1 aliphatic carbocycles. The van der Waals surface area contributed by atoms with Crippen LogP contribution in [0.2, 0.25) is 0 Å². The zero-order valence-electron chi connectivity index (χ0n) is 14.2. The molecule has 1 aliphatic rings. The lowest BCUT2D eigenvalue weighted by molar-refractivity contribution is -0.119. The molecule has 0 bridgehead atoms. The molecule has 0 aliphatic heterocycles. The van der Waals surface area contributed by atoms with Crippen molar-refractivity contribution >= 4 is 17.5 Å². The van der Waals surface area contributed by atoms with Gasteiger partial charge in [-0.25, -0.2) is 0 Å². The predicted octanol–water partition coefficient (Wildman–Crippen LogP) is 3.13. The third-order valence-corrected chi connectivity index (χ3v) is 4.41. The standard InChI is InChI=1S/C21H19NO3/c1-13-19(21(25)17-11-7-6-10-16(17)20(13)24)18(22-14(2)23)12-15-8-4-3-5-9-15/h3-11,18H,12H2,1-2H3,(H,22,23)/t18-/m0/s1. The maximum atomic E-state index is 13.0. The van der Waals surface area contributed by atoms with Gasteiger partial charge in [-0.15, -0.1) is 0 Å². The minimum atomic E-state index is -0.537. The number of amides is 1. The Kier molecular flexibility index (Phi) is 4.61. The van der Waals surface area contributed by atoms with Crippen LogP contribution in [0.1, 0.15) is 40.1 Å². The third-order valence-electron chi connectivity index (χ3n) is 4.41. The highest BCUT2D eigenvalue weighted by Crippen LogP contribution is 2.29. The van der Waals surface area contributed by atoms with Crippen LogP contribution in [0, 0.1) is 0 Å². The molecule has 0 saturated heterocycles. The molecule has 1 amide bonds. The molecular weight excluding hydrogens is 314 g/mol. The Labute approximate surface area is 146 Å². The fourth-order valence-corrected chi connectivity index (χ4v) is 3.26. The van der Waals surface area contributed by atoms with Crippen molar-refractivity contribution in [3.63, 3.8) is 0 Å². The largest absolute Gasteiger partial charge is 0.349 e. The monoisotopic (exact) mass is 333 g/mol. The Hall–Kier alpha value is -3.01. The smallest absolute Gasteiger partial charge is 0.217 e. The first-order valence-electron chi connectivity index (χ1n) is 8.19. The number of rotatable bonds is 4. The molecule has 0 radical (unpaired) electrons. The number of benzene rings is 2. The van der Waals surface area contributed by atoms with Gasteiger partial charge < -0.3 is 5.32 Å². The van der Waals surface area contributed by atoms with Gasteiger partial charge in [-0.1, -0.05) is 54.6 Å². The second-order valence-electron chi connectivity index (χ2n) is 6.19. The number of carbonyl (C=O) groups excluding carboxylic acids is 3. The minimum absolute atomic E-state index is 0.159. The summed E-state index contributed by atoms with van der Waals surface area (Å²) < 4.78 is 0. The number of nitrogens with one attached hydrogen (secondary N) is 1. The molecule has 0 saturated carbocycles. The van der Waals surface area contributed by atoms with Crippen LogP contribution in [0.3, 0.4) is 0 Å². The van der Waals surface area contributed by atoms with E-state index in [-0.39, 0.29) is 17.5 Å². The van der Waals surface area contributed by atoms with Crippen molar-refractivity contribution in [1.29, 1.82) is 0 Å². The quantitative estimate of drug-likeness (QED) is 0.935. The van der Waals surface area contributed by atoms with E-state index in [1.807, 2.05) is 30.3 Å². The van der Waals surface area contributed by atoms with Crippen LogP contribution in [-0.4, -0.2) is 23.5 Å². The number of carbonyl (C=O) groups is 3. The van der Waals surface area contributed by atoms with Gasteiger partial charge in [-0.3, -0.25) is 14.4 Å². The number of allylic oxidation sites excluding steroid dienone is 1. The lowest BCUT2D eigenvalue weighted by atomic mass is 9.80. The van der Waals surface area contributed by atoms with E-state index in [2.05, 4.69) is 5.32 Å². The van der Waals surface area contributed by atoms with E-state index in [4.69, 9.17) is 0 Å². The second kappa shape index (κ2) is 6.85. The molecule has 4 nitrogen and oxygen atoms in total. The third kappa shape index (κ3) is 3.29. The maximum absolute atomic E-state index is 13.0. The molecular formula is C21H19NO3. The molecule has 1 atom stereocenters. The fourth-order valence-electron chi connectivity index (χ4n) is 3.26. The van der Waals surface area contributed by atoms with Crippen LogP contribution in [0.15, 0.2) is 65.7 Å². The number of ketones is 2. The summed E-state index contributed by atoms with van der Waals surface area (Å²) in [6, 6.07) is 15.9. The number of hydrogen-bond donors (Lipinski definition) is 1. The molecule has 2 aromatic rings. The molecule has 0 unspecified atom stereocenters. The minimum Gasteiger partial charge on any atom is -0.349 e. The highest BCUT2D eigenvalue weighted by atomic mass is 16.2. The topological polar surface area (TPSA) is 63.2 Å². The van der Waals surface area contributed by atoms with Crippen LogP contribution in [-0.2, 0) is 11.2 Å². The van der Waals surface area contributed by atoms with Crippen molar-refractivity contribution in [2.45, 2.75) is 26.3 Å². The van der Waals surface area contributed by atoms with E-state index < -0.39 is 6.04 Å². The lowest BCUT2D eigenvalue weighted by Crippen LogP contribution is -2.41. The van der Waals surface area contributed by atoms with Gasteiger partial charge in [-0.2, -0.15) is 0 Å². The zero-order chi connectivity index (χ0) is 18.0. The molecule has 126 valence electrons. The van der Waals surface area contributed by atoms with Gasteiger partial charge in [0.2, 0.25) is 5.91 Å². The van der Waals surface area contributed by atoms with Crippen LogP contribution in [0.4, 0.5) is 0 Å². The van der Waals surface area contributed by atoms with E-state index in [1.54, 1.807) is 31.2 Å². The molecule has 0 spiro atoms. The number of hydrogen-bond acceptors (Lipinski definition) is 3. The molecule has 2 aromatic carbocycles. The van der Waals surface area contributed by atoms with Gasteiger partial charge >= 0.3 is 0 Å². The zero-order valence-corrected chi connectivity index (χ0v) is 14.2. The first-order chi connectivity index (χ1) is 12.0. The SMILES string of the molecule is CC(=O)N[C@@H](Cc1ccccc1)C1=C(C)C(=O)c2ccccc2C1=O. The van der Waals surface area contributed by atoms with E-state index in [0.29, 0.717) is 28.7 Å². The van der Waals surface area contributed by atoms with Crippen molar-refractivity contribution in [3.05, 3.63) is 82.4 Å². The van der Waals surface area contributed by atoms with E-state index in [1.165, 1.54) is 6.92 Å². The first kappa shape index (κ1) is 16.8. The Morgan fingerprint density at radius 1 is 0.920 bits per heavy atom. The average Bonchev–Trinajstić information content (AvgIpc) is 2.60. The molecule has 4 heteroatoms. The van der Waals surface area contributed by atoms with E-state index in [9.17, 15) is 14.4 Å². The van der Waals surface area contributed by atoms with Crippen molar-refractivity contribution in [3.8, 4) is 0 Å². The highest BCUT2D eigenvalue weighted by molar-refractivity contribution is 6.27. The summed E-state index contributed by atoms with van der Waals surface area (Å²) in [5.41, 5.74) is 2.59. The Morgan fingerprint density at radius 3 is 2.08 bits per heavy atom. The van der Waals surface area contributed by atoms with Crippen molar-refractivity contribution < 1.29 is 14.4 Å². The summed E-state index contributed by atoms with van der Waals surface area (Å²) in [6.45, 7) is 3.07. The number of Topliss-reactive ketones (excluding diaryl/α,β-unsaturated/α-hetero) is 2. The normalized spacial score (nSPS) is 15.0. The van der Waals surface area contributed by atoms with Gasteiger partial charge in [-0.05, 0) is 18.9 Å². The van der Waals surface area contributed by atoms with Gasteiger partial charge in [0.15, 0.2) is 11.6 Å². The molecule has 0 fully saturated rings. The number of fused-ring (bicyclic) bond motifs is 1. The van der Waals surface area contributed by atoms with Crippen molar-refractivity contribution in [1.82, 2.24) is 5.32 Å². The van der Waals surface area contributed by atoms with Crippen LogP contribution in [0.5, 0.6) is 0 Å². The van der Waals surface area contributed by atoms with Crippen LogP contribution in [0.25, 0.3) is 0 Å². The Balaban J connectivity index is 2.05. The van der Waals surface area contributed by atoms with Gasteiger partial charge in [0.25, 0.3) is 0 Å². The van der Waals surface area contributed by atoms with Gasteiger partial charge in [0, 0.05) is 29.2 Å². The average molecular weight is 333 g/mol. The highest BCUT2D eigenvalue weighted by Gasteiger charge is 2.34. The summed E-state index contributed by atoms with van der Waals surface area (Å²) in [4.78, 5) is 37.4. The van der Waals surface area contributed by atoms with Gasteiger partial charge in [0.1, 0.15) is 0 Å². The summed E-state index contributed by atoms with van der Waals surface area (Å²) in [7, 11) is 0. The van der Waals surface area contributed by atoms with Crippen molar-refractivity contribution in [2.24, 2.45) is 0 Å². The van der Waals surface area contributed by atoms with Crippen molar-refractivity contribution in [2.75, 3.05) is 0 Å². The van der Waals surface area contributed by atoms with E-state index in [0.717, 1.165) is 5.56 Å². The Bertz CT molecular complexity index is 881. The first-order valence-corrected chi connectivity index (χ1v) is 8.19. The lowest BCUT2D eigenvalue weighted by Gasteiger charge is -2.26. The van der Waals surface area contributed by atoms with Gasteiger partial charge in [0.05, 0.1) is 6.04 Å². The van der Waals surface area contributed by atoms with Crippen LogP contribution >= 0.6 is 0 Å². The fraction of sp³-hybridized carbons (Fsp3) is 0.190. The summed E-state index contributed by atoms with van der Waals surface area (Å²) in [5, 5.41) is 2.84. The molecule has 3 rings (SSSR count). The maximum Gasteiger partial charge on any atom is 0.217 e. The Morgan fingerprint density at radius 2 is 1.48 bits per heavy atom. The summed E-state index contributed by atoms with van der Waals surface area (Å²) >= 11 is 0. The summed E-state index contributed by atoms with van der Waals surface area (Å²) in [6.07, 6.45) is 0.453. The second-order valence-corrected chi connectivity index (χ2v) is 6.19. The van der Waals surface area contributed by atoms with E-state index >= 15 is 0 Å². The summed E-state index contributed by atoms with van der Waals surface area (Å²) in [5.74, 6) is -0.587. The predicted molar refractivity (Wildman–Crippen MR) is 95.6 cm³/mol. The van der Waals surface area contributed by atoms with Crippen LogP contribution < -0.4 is 5.32 Å². The molecule has 0 aromatic heterocycles. The molecule has 1 N–H and O–H groups in total. The molecule has 0 heterocycles. The molecule has 25 heavy (non-hydrogen) atoms.